The van der Waals surface area contributed by atoms with Gasteiger partial charge in [-0.05, 0) is 31.0 Å². The number of halogens is 1. The second-order valence-corrected chi connectivity index (χ2v) is 5.07. The third-order valence-corrected chi connectivity index (χ3v) is 3.33. The molecule has 0 saturated heterocycles. The summed E-state index contributed by atoms with van der Waals surface area (Å²) in [6, 6.07) is 4.87. The van der Waals surface area contributed by atoms with Gasteiger partial charge in [-0.2, -0.15) is 0 Å². The van der Waals surface area contributed by atoms with Crippen molar-refractivity contribution >= 4 is 23.5 Å². The molecule has 0 radical (unpaired) electrons. The van der Waals surface area contributed by atoms with Crippen molar-refractivity contribution in [1.82, 2.24) is 5.32 Å². The Labute approximate surface area is 129 Å². The molecule has 5 nitrogen and oxygen atoms in total. The monoisotopic (exact) mass is 313 g/mol. The molecule has 0 atom stereocenters. The first-order valence-corrected chi connectivity index (χ1v) is 7.26. The fourth-order valence-electron chi connectivity index (χ4n) is 1.86. The third kappa shape index (κ3) is 6.49. The molecule has 0 bridgehead atoms. The zero-order valence-electron chi connectivity index (χ0n) is 12.0. The number of carbonyl (C=O) groups is 2. The molecule has 0 heterocycles. The number of ether oxygens (including phenoxy) is 1. The number of hydrogen-bond acceptors (Lipinski definition) is 3. The zero-order valence-corrected chi connectivity index (χ0v) is 12.8. The Balaban J connectivity index is 2.26. The SMILES string of the molecule is COc1cc(C(=O)NCCCCCCC(=O)O)ccc1Cl. The van der Waals surface area contributed by atoms with Crippen molar-refractivity contribution in [3.8, 4) is 5.75 Å². The van der Waals surface area contributed by atoms with Gasteiger partial charge in [-0.25, -0.2) is 0 Å². The van der Waals surface area contributed by atoms with E-state index in [4.69, 9.17) is 21.4 Å². The van der Waals surface area contributed by atoms with Crippen molar-refractivity contribution in [3.63, 3.8) is 0 Å². The first-order valence-electron chi connectivity index (χ1n) is 6.88. The Bertz CT molecular complexity index is 491. The number of nitrogens with one attached hydrogen (secondary N) is 1. The lowest BCUT2D eigenvalue weighted by Crippen LogP contribution is -2.24. The van der Waals surface area contributed by atoms with Crippen LogP contribution in [0, 0.1) is 0 Å². The predicted molar refractivity (Wildman–Crippen MR) is 81.1 cm³/mol. The minimum absolute atomic E-state index is 0.171. The highest BCUT2D eigenvalue weighted by Crippen LogP contribution is 2.24. The highest BCUT2D eigenvalue weighted by molar-refractivity contribution is 6.32. The molecule has 0 aliphatic rings. The van der Waals surface area contributed by atoms with E-state index in [1.807, 2.05) is 0 Å². The average Bonchev–Trinajstić information content (AvgIpc) is 2.46. The van der Waals surface area contributed by atoms with Gasteiger partial charge in [0.15, 0.2) is 0 Å². The van der Waals surface area contributed by atoms with E-state index in [9.17, 15) is 9.59 Å². The molecule has 0 unspecified atom stereocenters. The number of aliphatic carboxylic acids is 1. The first kappa shape index (κ1) is 17.3. The molecule has 116 valence electrons. The van der Waals surface area contributed by atoms with Gasteiger partial charge in [-0.15, -0.1) is 0 Å². The number of carbonyl (C=O) groups excluding carboxylic acids is 1. The van der Waals surface area contributed by atoms with Crippen molar-refractivity contribution in [3.05, 3.63) is 28.8 Å². The molecule has 2 N–H and O–H groups in total. The summed E-state index contributed by atoms with van der Waals surface area (Å²) in [6.45, 7) is 0.566. The minimum Gasteiger partial charge on any atom is -0.495 e. The molecule has 1 amide bonds. The smallest absolute Gasteiger partial charge is 0.303 e. The number of carboxylic acid groups (broad SMARTS) is 1. The summed E-state index contributed by atoms with van der Waals surface area (Å²) >= 11 is 5.90. The van der Waals surface area contributed by atoms with Crippen molar-refractivity contribution in [2.75, 3.05) is 13.7 Å². The Kier molecular flexibility index (Phi) is 7.61. The Morgan fingerprint density at radius 2 is 1.95 bits per heavy atom. The average molecular weight is 314 g/mol. The molecule has 21 heavy (non-hydrogen) atoms. The number of benzene rings is 1. The summed E-state index contributed by atoms with van der Waals surface area (Å²) in [5, 5.41) is 11.8. The molecule has 0 fully saturated rings. The van der Waals surface area contributed by atoms with Crippen LogP contribution in [0.1, 0.15) is 42.5 Å². The van der Waals surface area contributed by atoms with Crippen LogP contribution in [0.25, 0.3) is 0 Å². The lowest BCUT2D eigenvalue weighted by atomic mass is 10.1. The Morgan fingerprint density at radius 3 is 2.62 bits per heavy atom. The fraction of sp³-hybridized carbons (Fsp3) is 0.467. The van der Waals surface area contributed by atoms with E-state index < -0.39 is 5.97 Å². The van der Waals surface area contributed by atoms with Gasteiger partial charge in [0, 0.05) is 18.5 Å². The second-order valence-electron chi connectivity index (χ2n) is 4.66. The van der Waals surface area contributed by atoms with E-state index >= 15 is 0 Å². The van der Waals surface area contributed by atoms with Gasteiger partial charge in [0.1, 0.15) is 5.75 Å². The Morgan fingerprint density at radius 1 is 1.24 bits per heavy atom. The van der Waals surface area contributed by atoms with Crippen LogP contribution >= 0.6 is 11.6 Å². The summed E-state index contributed by atoms with van der Waals surface area (Å²) in [5.41, 5.74) is 0.502. The van der Waals surface area contributed by atoms with Gasteiger partial charge in [0.05, 0.1) is 12.1 Å². The molecule has 0 aliphatic carbocycles. The van der Waals surface area contributed by atoms with E-state index in [-0.39, 0.29) is 12.3 Å². The van der Waals surface area contributed by atoms with Gasteiger partial charge in [-0.1, -0.05) is 24.4 Å². The molecule has 0 spiro atoms. The third-order valence-electron chi connectivity index (χ3n) is 3.02. The van der Waals surface area contributed by atoms with Crippen LogP contribution in [0.3, 0.4) is 0 Å². The van der Waals surface area contributed by atoms with Crippen molar-refractivity contribution in [2.45, 2.75) is 32.1 Å². The summed E-state index contributed by atoms with van der Waals surface area (Å²) in [4.78, 5) is 22.2. The predicted octanol–water partition coefficient (Wildman–Crippen LogP) is 3.11. The van der Waals surface area contributed by atoms with Gasteiger partial charge < -0.3 is 15.2 Å². The van der Waals surface area contributed by atoms with Gasteiger partial charge in [-0.3, -0.25) is 9.59 Å². The number of methoxy groups -OCH3 is 1. The topological polar surface area (TPSA) is 75.6 Å². The number of unbranched alkanes of at least 4 members (excludes halogenated alkanes) is 3. The number of carboxylic acids is 1. The highest BCUT2D eigenvalue weighted by atomic mass is 35.5. The van der Waals surface area contributed by atoms with Gasteiger partial charge in [0.2, 0.25) is 0 Å². The summed E-state index contributed by atoms with van der Waals surface area (Å²) in [7, 11) is 1.50. The van der Waals surface area contributed by atoms with Crippen molar-refractivity contribution in [1.29, 1.82) is 0 Å². The lowest BCUT2D eigenvalue weighted by molar-refractivity contribution is -0.137. The molecule has 6 heteroatoms. The maximum Gasteiger partial charge on any atom is 0.303 e. The van der Waals surface area contributed by atoms with E-state index in [1.165, 1.54) is 7.11 Å². The molecule has 1 rings (SSSR count). The summed E-state index contributed by atoms with van der Waals surface area (Å²) in [5.74, 6) is -0.464. The van der Waals surface area contributed by atoms with E-state index in [1.54, 1.807) is 18.2 Å². The fourth-order valence-corrected chi connectivity index (χ4v) is 2.05. The highest BCUT2D eigenvalue weighted by Gasteiger charge is 2.08. The molecule has 0 aliphatic heterocycles. The molecule has 0 aromatic heterocycles. The molecule has 0 saturated carbocycles. The molecular formula is C15H20ClNO4. The van der Waals surface area contributed by atoms with Crippen molar-refractivity contribution < 1.29 is 19.4 Å². The van der Waals surface area contributed by atoms with Crippen LogP contribution < -0.4 is 10.1 Å². The van der Waals surface area contributed by atoms with E-state index in [0.29, 0.717) is 29.3 Å². The first-order chi connectivity index (χ1) is 10.0. The number of amides is 1. The maximum absolute atomic E-state index is 11.9. The van der Waals surface area contributed by atoms with Crippen LogP contribution in [0.5, 0.6) is 5.75 Å². The quantitative estimate of drug-likeness (QED) is 0.687. The molecule has 1 aromatic rings. The maximum atomic E-state index is 11.9. The largest absolute Gasteiger partial charge is 0.495 e. The van der Waals surface area contributed by atoms with Crippen LogP contribution in [0.4, 0.5) is 0 Å². The summed E-state index contributed by atoms with van der Waals surface area (Å²) in [6.07, 6.45) is 3.47. The standard InChI is InChI=1S/C15H20ClNO4/c1-21-13-10-11(7-8-12(13)16)15(20)17-9-5-3-2-4-6-14(18)19/h7-8,10H,2-6,9H2,1H3,(H,17,20)(H,18,19). The second kappa shape index (κ2) is 9.23. The van der Waals surface area contributed by atoms with Crippen LogP contribution in [0.15, 0.2) is 18.2 Å². The minimum atomic E-state index is -0.764. The number of rotatable bonds is 9. The zero-order chi connectivity index (χ0) is 15.7. The molecular weight excluding hydrogens is 294 g/mol. The van der Waals surface area contributed by atoms with Crippen LogP contribution in [-0.4, -0.2) is 30.6 Å². The van der Waals surface area contributed by atoms with Crippen LogP contribution in [0.2, 0.25) is 5.02 Å². The van der Waals surface area contributed by atoms with Crippen molar-refractivity contribution in [2.24, 2.45) is 0 Å². The normalized spacial score (nSPS) is 10.2. The summed E-state index contributed by atoms with van der Waals surface area (Å²) < 4.78 is 5.07. The van der Waals surface area contributed by atoms with Gasteiger partial charge >= 0.3 is 5.97 Å². The van der Waals surface area contributed by atoms with E-state index in [0.717, 1.165) is 19.3 Å². The van der Waals surface area contributed by atoms with Crippen LogP contribution in [-0.2, 0) is 4.79 Å². The lowest BCUT2D eigenvalue weighted by Gasteiger charge is -2.08. The molecule has 1 aromatic carbocycles. The van der Waals surface area contributed by atoms with Gasteiger partial charge in [0.25, 0.3) is 5.91 Å². The number of hydrogen-bond donors (Lipinski definition) is 2. The van der Waals surface area contributed by atoms with E-state index in [2.05, 4.69) is 5.32 Å². The Hall–Kier alpha value is -1.75.